The molecule has 2 atom stereocenters. The summed E-state index contributed by atoms with van der Waals surface area (Å²) < 4.78 is 16.1. The van der Waals surface area contributed by atoms with Crippen LogP contribution in [0.5, 0.6) is 0 Å². The van der Waals surface area contributed by atoms with Crippen molar-refractivity contribution in [3.8, 4) is 0 Å². The van der Waals surface area contributed by atoms with Crippen LogP contribution >= 0.6 is 0 Å². The molecule has 1 fully saturated rings. The zero-order valence-corrected chi connectivity index (χ0v) is 9.48. The molecule has 0 aromatic rings. The maximum Gasteiger partial charge on any atom is 0.107 e. The number of hydrogen-bond donors (Lipinski definition) is 1. The molecule has 0 aromatic heterocycles. The van der Waals surface area contributed by atoms with Gasteiger partial charge in [-0.2, -0.15) is 0 Å². The Labute approximate surface area is 91.5 Å². The molecule has 4 heteroatoms. The maximum absolute atomic E-state index is 9.56. The van der Waals surface area contributed by atoms with E-state index in [2.05, 4.69) is 6.92 Å². The lowest BCUT2D eigenvalue weighted by Crippen LogP contribution is -2.39. The Morgan fingerprint density at radius 1 is 1.33 bits per heavy atom. The summed E-state index contributed by atoms with van der Waals surface area (Å²) in [4.78, 5) is 0. The highest BCUT2D eigenvalue weighted by atomic mass is 16.6. The van der Waals surface area contributed by atoms with E-state index in [4.69, 9.17) is 14.2 Å². The van der Waals surface area contributed by atoms with Crippen LogP contribution in [0.3, 0.4) is 0 Å². The normalized spacial score (nSPS) is 26.8. The van der Waals surface area contributed by atoms with Gasteiger partial charge < -0.3 is 19.3 Å². The largest absolute Gasteiger partial charge is 0.390 e. The molecule has 0 spiro atoms. The predicted molar refractivity (Wildman–Crippen MR) is 56.9 cm³/mol. The molecular weight excluding hydrogens is 196 g/mol. The first-order valence-electron chi connectivity index (χ1n) is 5.79. The lowest BCUT2D eigenvalue weighted by molar-refractivity contribution is -0.124. The van der Waals surface area contributed by atoms with Gasteiger partial charge in [0.1, 0.15) is 6.10 Å². The standard InChI is InChI=1S/C11H22O4/c1-2-3-5-13-7-8-15-11-9-14-6-4-10(11)12/h10-12H,2-9H2,1H3. The van der Waals surface area contributed by atoms with Gasteiger partial charge in [-0.3, -0.25) is 0 Å². The fourth-order valence-corrected chi connectivity index (χ4v) is 1.47. The number of aliphatic hydroxyl groups is 1. The van der Waals surface area contributed by atoms with Crippen molar-refractivity contribution >= 4 is 0 Å². The molecule has 90 valence electrons. The Balaban J connectivity index is 1.94. The van der Waals surface area contributed by atoms with E-state index in [1.807, 2.05) is 0 Å². The minimum Gasteiger partial charge on any atom is -0.390 e. The Hall–Kier alpha value is -0.160. The summed E-state index contributed by atoms with van der Waals surface area (Å²) >= 11 is 0. The lowest BCUT2D eigenvalue weighted by atomic mass is 10.1. The minimum absolute atomic E-state index is 0.173. The molecule has 0 bridgehead atoms. The molecular formula is C11H22O4. The van der Waals surface area contributed by atoms with Gasteiger partial charge in [-0.05, 0) is 12.8 Å². The first-order valence-corrected chi connectivity index (χ1v) is 5.79. The van der Waals surface area contributed by atoms with Gasteiger partial charge in [0.25, 0.3) is 0 Å². The van der Waals surface area contributed by atoms with Crippen molar-refractivity contribution in [2.24, 2.45) is 0 Å². The summed E-state index contributed by atoms with van der Waals surface area (Å²) in [5, 5.41) is 9.56. The van der Waals surface area contributed by atoms with E-state index < -0.39 is 0 Å². The Morgan fingerprint density at radius 2 is 2.20 bits per heavy atom. The van der Waals surface area contributed by atoms with Crippen LogP contribution in [-0.2, 0) is 14.2 Å². The van der Waals surface area contributed by atoms with Crippen LogP contribution in [0.2, 0.25) is 0 Å². The third-order valence-corrected chi connectivity index (χ3v) is 2.47. The van der Waals surface area contributed by atoms with E-state index in [1.54, 1.807) is 0 Å². The Morgan fingerprint density at radius 3 is 2.93 bits per heavy atom. The second-order valence-electron chi connectivity index (χ2n) is 3.81. The molecule has 1 aliphatic heterocycles. The fourth-order valence-electron chi connectivity index (χ4n) is 1.47. The molecule has 1 N–H and O–H groups in total. The highest BCUT2D eigenvalue weighted by Gasteiger charge is 2.23. The monoisotopic (exact) mass is 218 g/mol. The van der Waals surface area contributed by atoms with E-state index >= 15 is 0 Å². The summed E-state index contributed by atoms with van der Waals surface area (Å²) in [6.45, 7) is 5.20. The quantitative estimate of drug-likeness (QED) is 0.647. The number of hydrogen-bond acceptors (Lipinski definition) is 4. The lowest BCUT2D eigenvalue weighted by Gasteiger charge is -2.27. The van der Waals surface area contributed by atoms with E-state index in [9.17, 15) is 5.11 Å². The molecule has 4 nitrogen and oxygen atoms in total. The van der Waals surface area contributed by atoms with Crippen molar-refractivity contribution in [1.29, 1.82) is 0 Å². The smallest absolute Gasteiger partial charge is 0.107 e. The molecule has 0 radical (unpaired) electrons. The van der Waals surface area contributed by atoms with Gasteiger partial charge in [-0.15, -0.1) is 0 Å². The second kappa shape index (κ2) is 8.05. The SMILES string of the molecule is CCCCOCCOC1COCCC1O. The number of unbranched alkanes of at least 4 members (excludes halogenated alkanes) is 1. The molecule has 1 saturated heterocycles. The molecule has 0 saturated carbocycles. The van der Waals surface area contributed by atoms with Crippen molar-refractivity contribution in [1.82, 2.24) is 0 Å². The van der Waals surface area contributed by atoms with Crippen LogP contribution in [0.1, 0.15) is 26.2 Å². The average molecular weight is 218 g/mol. The van der Waals surface area contributed by atoms with Crippen molar-refractivity contribution < 1.29 is 19.3 Å². The van der Waals surface area contributed by atoms with E-state index in [0.29, 0.717) is 32.8 Å². The van der Waals surface area contributed by atoms with Crippen LogP contribution < -0.4 is 0 Å². The van der Waals surface area contributed by atoms with Gasteiger partial charge in [0.15, 0.2) is 0 Å². The van der Waals surface area contributed by atoms with Gasteiger partial charge >= 0.3 is 0 Å². The van der Waals surface area contributed by atoms with Crippen LogP contribution in [-0.4, -0.2) is 50.3 Å². The van der Waals surface area contributed by atoms with Crippen molar-refractivity contribution in [2.75, 3.05) is 33.0 Å². The average Bonchev–Trinajstić information content (AvgIpc) is 2.25. The van der Waals surface area contributed by atoms with Gasteiger partial charge in [0.2, 0.25) is 0 Å². The second-order valence-corrected chi connectivity index (χ2v) is 3.81. The molecule has 1 aliphatic rings. The molecule has 15 heavy (non-hydrogen) atoms. The number of aliphatic hydroxyl groups excluding tert-OH is 1. The maximum atomic E-state index is 9.56. The number of rotatable bonds is 7. The van der Waals surface area contributed by atoms with Gasteiger partial charge in [-0.1, -0.05) is 13.3 Å². The van der Waals surface area contributed by atoms with Gasteiger partial charge in [-0.25, -0.2) is 0 Å². The zero-order valence-electron chi connectivity index (χ0n) is 9.48. The number of ether oxygens (including phenoxy) is 3. The first-order chi connectivity index (χ1) is 7.34. The molecule has 2 unspecified atom stereocenters. The molecule has 0 amide bonds. The Kier molecular flexibility index (Phi) is 6.92. The molecule has 0 aliphatic carbocycles. The Bertz CT molecular complexity index is 152. The summed E-state index contributed by atoms with van der Waals surface area (Å²) in [6.07, 6.45) is 2.36. The minimum atomic E-state index is -0.380. The van der Waals surface area contributed by atoms with Crippen molar-refractivity contribution in [3.05, 3.63) is 0 Å². The van der Waals surface area contributed by atoms with Crippen LogP contribution in [0.15, 0.2) is 0 Å². The summed E-state index contributed by atoms with van der Waals surface area (Å²) in [7, 11) is 0. The zero-order chi connectivity index (χ0) is 10.9. The summed E-state index contributed by atoms with van der Waals surface area (Å²) in [5.41, 5.74) is 0. The van der Waals surface area contributed by atoms with Gasteiger partial charge in [0, 0.05) is 13.2 Å². The topological polar surface area (TPSA) is 47.9 Å². The molecule has 1 rings (SSSR count). The third kappa shape index (κ3) is 5.47. The highest BCUT2D eigenvalue weighted by Crippen LogP contribution is 2.10. The van der Waals surface area contributed by atoms with Crippen LogP contribution in [0, 0.1) is 0 Å². The highest BCUT2D eigenvalue weighted by molar-refractivity contribution is 4.72. The third-order valence-electron chi connectivity index (χ3n) is 2.47. The van der Waals surface area contributed by atoms with Crippen molar-refractivity contribution in [3.63, 3.8) is 0 Å². The summed E-state index contributed by atoms with van der Waals surface area (Å²) in [5.74, 6) is 0. The van der Waals surface area contributed by atoms with Crippen LogP contribution in [0.4, 0.5) is 0 Å². The van der Waals surface area contributed by atoms with Gasteiger partial charge in [0.05, 0.1) is 25.9 Å². The van der Waals surface area contributed by atoms with E-state index in [1.165, 1.54) is 0 Å². The summed E-state index contributed by atoms with van der Waals surface area (Å²) in [6, 6.07) is 0. The molecule has 0 aromatic carbocycles. The van der Waals surface area contributed by atoms with Crippen LogP contribution in [0.25, 0.3) is 0 Å². The fraction of sp³-hybridized carbons (Fsp3) is 1.00. The van der Waals surface area contributed by atoms with Crippen molar-refractivity contribution in [2.45, 2.75) is 38.4 Å². The molecule has 1 heterocycles. The van der Waals surface area contributed by atoms with E-state index in [-0.39, 0.29) is 12.2 Å². The predicted octanol–water partition coefficient (Wildman–Crippen LogP) is 0.969. The first kappa shape index (κ1) is 12.9. The van der Waals surface area contributed by atoms with E-state index in [0.717, 1.165) is 19.4 Å².